The predicted octanol–water partition coefficient (Wildman–Crippen LogP) is 3.64. The number of urea groups is 1. The highest BCUT2D eigenvalue weighted by Crippen LogP contribution is 2.22. The fraction of sp³-hybridized carbons (Fsp3) is 0.235. The van der Waals surface area contributed by atoms with E-state index in [1.54, 1.807) is 0 Å². The highest BCUT2D eigenvalue weighted by Gasteiger charge is 2.14. The highest BCUT2D eigenvalue weighted by molar-refractivity contribution is 6.32. The third-order valence-corrected chi connectivity index (χ3v) is 3.63. The van der Waals surface area contributed by atoms with Gasteiger partial charge in [0.05, 0.1) is 28.9 Å². The molecule has 1 aromatic carbocycles. The molecule has 0 bridgehead atoms. The molecule has 24 heavy (non-hydrogen) atoms. The van der Waals surface area contributed by atoms with Gasteiger partial charge in [0.1, 0.15) is 11.9 Å². The van der Waals surface area contributed by atoms with Crippen LogP contribution in [0.15, 0.2) is 36.4 Å². The van der Waals surface area contributed by atoms with Crippen LogP contribution in [0.2, 0.25) is 5.02 Å². The Bertz CT molecular complexity index is 759. The molecule has 0 fully saturated rings. The number of aromatic nitrogens is 1. The quantitative estimate of drug-likeness (QED) is 0.866. The molecule has 0 aliphatic rings. The average Bonchev–Trinajstić information content (AvgIpc) is 2.55. The first kappa shape index (κ1) is 17.7. The van der Waals surface area contributed by atoms with Gasteiger partial charge >= 0.3 is 6.03 Å². The molecule has 1 aromatic heterocycles. The topological polar surface area (TPSA) is 87.0 Å². The van der Waals surface area contributed by atoms with E-state index in [2.05, 4.69) is 15.6 Å². The molecular formula is C17H17ClN4O2. The average molecular weight is 345 g/mol. The van der Waals surface area contributed by atoms with Crippen LogP contribution in [0.4, 0.5) is 10.6 Å². The van der Waals surface area contributed by atoms with Gasteiger partial charge in [-0.3, -0.25) is 5.32 Å². The summed E-state index contributed by atoms with van der Waals surface area (Å²) in [6, 6.07) is 12.4. The van der Waals surface area contributed by atoms with Crippen LogP contribution < -0.4 is 10.6 Å². The van der Waals surface area contributed by atoms with Gasteiger partial charge < -0.3 is 10.1 Å². The van der Waals surface area contributed by atoms with Crippen LogP contribution in [-0.4, -0.2) is 18.1 Å². The van der Waals surface area contributed by atoms with E-state index in [4.69, 9.17) is 21.6 Å². The molecule has 0 unspecified atom stereocenters. The summed E-state index contributed by atoms with van der Waals surface area (Å²) in [6.45, 7) is 2.00. The van der Waals surface area contributed by atoms with Crippen molar-refractivity contribution in [3.05, 3.63) is 58.2 Å². The van der Waals surface area contributed by atoms with Crippen molar-refractivity contribution in [2.75, 3.05) is 12.4 Å². The van der Waals surface area contributed by atoms with Gasteiger partial charge in [0, 0.05) is 13.2 Å². The normalized spacial score (nSPS) is 11.4. The van der Waals surface area contributed by atoms with E-state index in [1.807, 2.05) is 43.3 Å². The van der Waals surface area contributed by atoms with Crippen molar-refractivity contribution < 1.29 is 9.53 Å². The molecule has 0 spiro atoms. The van der Waals surface area contributed by atoms with Crippen molar-refractivity contribution in [3.8, 4) is 6.07 Å². The Kier molecular flexibility index (Phi) is 6.13. The number of nitrogens with one attached hydrogen (secondary N) is 2. The van der Waals surface area contributed by atoms with Gasteiger partial charge in [0.2, 0.25) is 0 Å². The van der Waals surface area contributed by atoms with Crippen molar-refractivity contribution in [1.82, 2.24) is 10.3 Å². The molecule has 7 heteroatoms. The minimum Gasteiger partial charge on any atom is -0.378 e. The highest BCUT2D eigenvalue weighted by atomic mass is 35.5. The Labute approximate surface area is 145 Å². The number of carbonyl (C=O) groups excluding carboxylic acids is 1. The minimum atomic E-state index is -0.414. The molecule has 0 aliphatic heterocycles. The number of amides is 2. The standard InChI is InChI=1S/C17H17ClN4O2/c1-11(12-6-4-3-5-7-12)20-17(23)22-16-8-14(18)13(9-19)15(21-16)10-24-2/h3-8,11H,10H2,1-2H3,(H2,20,21,22,23)/t11-/m1/s1. The zero-order chi connectivity index (χ0) is 17.5. The fourth-order valence-electron chi connectivity index (χ4n) is 2.16. The van der Waals surface area contributed by atoms with E-state index in [0.717, 1.165) is 5.56 Å². The number of pyridine rings is 1. The molecule has 1 atom stereocenters. The predicted molar refractivity (Wildman–Crippen MR) is 91.7 cm³/mol. The molecule has 2 rings (SSSR count). The SMILES string of the molecule is COCc1nc(NC(=O)N[C@H](C)c2ccccc2)cc(Cl)c1C#N. The summed E-state index contributed by atoms with van der Waals surface area (Å²) in [7, 11) is 1.49. The molecule has 2 N–H and O–H groups in total. The molecule has 124 valence electrons. The number of nitrogens with zero attached hydrogens (tertiary/aromatic N) is 2. The van der Waals surface area contributed by atoms with Crippen LogP contribution >= 0.6 is 11.6 Å². The van der Waals surface area contributed by atoms with Crippen molar-refractivity contribution in [1.29, 1.82) is 5.26 Å². The molecule has 0 saturated carbocycles. The van der Waals surface area contributed by atoms with E-state index < -0.39 is 6.03 Å². The first-order valence-corrected chi connectivity index (χ1v) is 7.64. The number of hydrogen-bond donors (Lipinski definition) is 2. The summed E-state index contributed by atoms with van der Waals surface area (Å²) in [5, 5.41) is 14.8. The Morgan fingerprint density at radius 2 is 2.12 bits per heavy atom. The number of rotatable bonds is 5. The van der Waals surface area contributed by atoms with Crippen LogP contribution in [0.5, 0.6) is 0 Å². The number of carbonyl (C=O) groups is 1. The third-order valence-electron chi connectivity index (χ3n) is 3.33. The Morgan fingerprint density at radius 1 is 1.42 bits per heavy atom. The van der Waals surface area contributed by atoms with Gasteiger partial charge in [-0.1, -0.05) is 41.9 Å². The zero-order valence-electron chi connectivity index (χ0n) is 13.3. The summed E-state index contributed by atoms with van der Waals surface area (Å²) >= 11 is 6.07. The molecule has 6 nitrogen and oxygen atoms in total. The van der Waals surface area contributed by atoms with Gasteiger partial charge in [0.25, 0.3) is 0 Å². The molecule has 1 heterocycles. The van der Waals surface area contributed by atoms with E-state index in [-0.39, 0.29) is 29.1 Å². The van der Waals surface area contributed by atoms with E-state index in [1.165, 1.54) is 13.2 Å². The van der Waals surface area contributed by atoms with Crippen LogP contribution in [0, 0.1) is 11.3 Å². The second-order valence-corrected chi connectivity index (χ2v) is 5.49. The summed E-state index contributed by atoms with van der Waals surface area (Å²) in [6.07, 6.45) is 0. The van der Waals surface area contributed by atoms with Crippen molar-refractivity contribution in [2.24, 2.45) is 0 Å². The maximum absolute atomic E-state index is 12.1. The molecule has 2 amide bonds. The smallest absolute Gasteiger partial charge is 0.320 e. The molecular weight excluding hydrogens is 328 g/mol. The third kappa shape index (κ3) is 4.44. The molecule has 0 radical (unpaired) electrons. The summed E-state index contributed by atoms with van der Waals surface area (Å²) < 4.78 is 5.01. The van der Waals surface area contributed by atoms with Gasteiger partial charge in [-0.2, -0.15) is 5.26 Å². The fourth-order valence-corrected chi connectivity index (χ4v) is 2.42. The molecule has 2 aromatic rings. The van der Waals surface area contributed by atoms with Gasteiger partial charge in [0.15, 0.2) is 0 Å². The van der Waals surface area contributed by atoms with Crippen LogP contribution in [0.3, 0.4) is 0 Å². The first-order chi connectivity index (χ1) is 11.5. The monoisotopic (exact) mass is 344 g/mol. The minimum absolute atomic E-state index is 0.125. The molecule has 0 aliphatic carbocycles. The second kappa shape index (κ2) is 8.29. The number of nitriles is 1. The lowest BCUT2D eigenvalue weighted by atomic mass is 10.1. The summed E-state index contributed by atoms with van der Waals surface area (Å²) in [5.74, 6) is 0.254. The lowest BCUT2D eigenvalue weighted by Gasteiger charge is -2.15. The Balaban J connectivity index is 2.10. The van der Waals surface area contributed by atoms with Crippen LogP contribution in [-0.2, 0) is 11.3 Å². The number of hydrogen-bond acceptors (Lipinski definition) is 4. The van der Waals surface area contributed by atoms with Gasteiger partial charge in [-0.05, 0) is 12.5 Å². The molecule has 0 saturated heterocycles. The summed E-state index contributed by atoms with van der Waals surface area (Å²) in [4.78, 5) is 16.3. The maximum atomic E-state index is 12.1. The zero-order valence-corrected chi connectivity index (χ0v) is 14.1. The van der Waals surface area contributed by atoms with Crippen LogP contribution in [0.1, 0.15) is 29.8 Å². The Hall–Kier alpha value is -2.62. The lowest BCUT2D eigenvalue weighted by molar-refractivity contribution is 0.181. The van der Waals surface area contributed by atoms with Crippen molar-refractivity contribution in [3.63, 3.8) is 0 Å². The van der Waals surface area contributed by atoms with Gasteiger partial charge in [-0.25, -0.2) is 9.78 Å². The van der Waals surface area contributed by atoms with Gasteiger partial charge in [-0.15, -0.1) is 0 Å². The van der Waals surface area contributed by atoms with E-state index >= 15 is 0 Å². The Morgan fingerprint density at radius 3 is 2.75 bits per heavy atom. The number of methoxy groups -OCH3 is 1. The number of ether oxygens (including phenoxy) is 1. The summed E-state index contributed by atoms with van der Waals surface area (Å²) in [5.41, 5.74) is 1.60. The second-order valence-electron chi connectivity index (χ2n) is 5.09. The number of halogens is 1. The van der Waals surface area contributed by atoms with E-state index in [0.29, 0.717) is 5.69 Å². The van der Waals surface area contributed by atoms with E-state index in [9.17, 15) is 4.79 Å². The van der Waals surface area contributed by atoms with Crippen molar-refractivity contribution >= 4 is 23.4 Å². The maximum Gasteiger partial charge on any atom is 0.320 e. The van der Waals surface area contributed by atoms with Crippen molar-refractivity contribution in [2.45, 2.75) is 19.6 Å². The van der Waals surface area contributed by atoms with Crippen LogP contribution in [0.25, 0.3) is 0 Å². The largest absolute Gasteiger partial charge is 0.378 e. The number of benzene rings is 1. The first-order valence-electron chi connectivity index (χ1n) is 7.26. The lowest BCUT2D eigenvalue weighted by Crippen LogP contribution is -2.31. The number of anilines is 1.